The summed E-state index contributed by atoms with van der Waals surface area (Å²) in [6, 6.07) is 8.11. The van der Waals surface area contributed by atoms with E-state index in [1.54, 1.807) is 30.3 Å². The predicted octanol–water partition coefficient (Wildman–Crippen LogP) is 0.874. The van der Waals surface area contributed by atoms with Gasteiger partial charge in [0.25, 0.3) is 10.0 Å². The molecule has 1 amide bonds. The van der Waals surface area contributed by atoms with E-state index >= 15 is 0 Å². The molecule has 0 spiro atoms. The third-order valence-corrected chi connectivity index (χ3v) is 5.06. The molecule has 0 saturated carbocycles. The third kappa shape index (κ3) is 2.93. The molecule has 2 aromatic heterocycles. The lowest BCUT2D eigenvalue weighted by molar-refractivity contribution is -0.116. The second-order valence-electron chi connectivity index (χ2n) is 5.21. The number of amides is 1. The van der Waals surface area contributed by atoms with E-state index in [9.17, 15) is 13.2 Å². The molecule has 0 saturated heterocycles. The zero-order valence-electron chi connectivity index (χ0n) is 12.8. The number of aryl methyl sites for hydroxylation is 1. The van der Waals surface area contributed by atoms with Gasteiger partial charge in [-0.25, -0.2) is 22.4 Å². The molecule has 124 valence electrons. The monoisotopic (exact) mass is 345 g/mol. The van der Waals surface area contributed by atoms with Crippen molar-refractivity contribution in [1.29, 1.82) is 0 Å². The van der Waals surface area contributed by atoms with Gasteiger partial charge in [-0.1, -0.05) is 17.7 Å². The fourth-order valence-electron chi connectivity index (χ4n) is 2.17. The second-order valence-corrected chi connectivity index (χ2v) is 7.03. The Hall–Kier alpha value is -2.94. The molecule has 1 aromatic carbocycles. The maximum absolute atomic E-state index is 12.7. The first-order chi connectivity index (χ1) is 11.4. The number of benzene rings is 1. The van der Waals surface area contributed by atoms with Crippen LogP contribution in [0.1, 0.15) is 5.56 Å². The first kappa shape index (κ1) is 15.9. The minimum absolute atomic E-state index is 0.0808. The Morgan fingerprint density at radius 3 is 2.62 bits per heavy atom. The molecule has 0 aliphatic carbocycles. The molecular formula is C15H15N5O3S. The molecule has 3 N–H and O–H groups in total. The molecule has 0 aliphatic heterocycles. The van der Waals surface area contributed by atoms with Gasteiger partial charge in [0.1, 0.15) is 11.3 Å². The summed E-state index contributed by atoms with van der Waals surface area (Å²) in [6.07, 6.45) is 2.75. The molecular weight excluding hydrogens is 330 g/mol. The number of carbonyl (C=O) groups is 1. The number of anilines is 1. The van der Waals surface area contributed by atoms with Gasteiger partial charge < -0.3 is 11.1 Å². The lowest BCUT2D eigenvalue weighted by atomic mass is 10.2. The summed E-state index contributed by atoms with van der Waals surface area (Å²) in [5.41, 5.74) is 6.62. The number of hydrogen-bond acceptors (Lipinski definition) is 6. The molecule has 0 aliphatic rings. The highest BCUT2D eigenvalue weighted by atomic mass is 32.2. The quantitative estimate of drug-likeness (QED) is 0.708. The van der Waals surface area contributed by atoms with Crippen LogP contribution in [0.25, 0.3) is 11.2 Å². The first-order valence-corrected chi connectivity index (χ1v) is 8.50. The minimum atomic E-state index is -3.76. The molecule has 3 rings (SSSR count). The highest BCUT2D eigenvalue weighted by Crippen LogP contribution is 2.21. The molecule has 2 heterocycles. The Morgan fingerprint density at radius 2 is 1.96 bits per heavy atom. The Kier molecular flexibility index (Phi) is 3.94. The van der Waals surface area contributed by atoms with Gasteiger partial charge in [-0.05, 0) is 25.1 Å². The Labute approximate surface area is 138 Å². The lowest BCUT2D eigenvalue weighted by Crippen LogP contribution is -2.22. The van der Waals surface area contributed by atoms with E-state index in [0.29, 0.717) is 11.3 Å². The van der Waals surface area contributed by atoms with Gasteiger partial charge in [0.15, 0.2) is 5.65 Å². The largest absolute Gasteiger partial charge is 0.368 e. The molecule has 0 radical (unpaired) electrons. The topological polar surface area (TPSA) is 120 Å². The minimum Gasteiger partial charge on any atom is -0.368 e. The fourth-order valence-corrected chi connectivity index (χ4v) is 3.46. The lowest BCUT2D eigenvalue weighted by Gasteiger charge is -2.08. The van der Waals surface area contributed by atoms with Crippen molar-refractivity contribution in [2.45, 2.75) is 11.8 Å². The van der Waals surface area contributed by atoms with Crippen molar-refractivity contribution in [2.24, 2.45) is 5.73 Å². The van der Waals surface area contributed by atoms with Crippen LogP contribution in [-0.2, 0) is 14.8 Å². The molecule has 24 heavy (non-hydrogen) atoms. The number of fused-ring (bicyclic) bond motifs is 1. The van der Waals surface area contributed by atoms with Crippen molar-refractivity contribution < 1.29 is 13.2 Å². The Morgan fingerprint density at radius 1 is 1.25 bits per heavy atom. The summed E-state index contributed by atoms with van der Waals surface area (Å²) in [5, 5.41) is 2.72. The van der Waals surface area contributed by atoms with E-state index < -0.39 is 15.9 Å². The third-order valence-electron chi connectivity index (χ3n) is 3.38. The molecule has 0 atom stereocenters. The van der Waals surface area contributed by atoms with E-state index in [2.05, 4.69) is 15.3 Å². The zero-order valence-corrected chi connectivity index (χ0v) is 13.6. The summed E-state index contributed by atoms with van der Waals surface area (Å²) in [4.78, 5) is 19.3. The molecule has 0 fully saturated rings. The van der Waals surface area contributed by atoms with Crippen molar-refractivity contribution in [1.82, 2.24) is 13.9 Å². The number of carbonyl (C=O) groups excluding carboxylic acids is 1. The number of rotatable bonds is 5. The van der Waals surface area contributed by atoms with Gasteiger partial charge in [0, 0.05) is 6.20 Å². The second kappa shape index (κ2) is 5.93. The van der Waals surface area contributed by atoms with Crippen LogP contribution in [0.3, 0.4) is 0 Å². The highest BCUT2D eigenvalue weighted by Gasteiger charge is 2.20. The van der Waals surface area contributed by atoms with Gasteiger partial charge in [-0.3, -0.25) is 4.79 Å². The number of nitrogens with two attached hydrogens (primary N) is 1. The van der Waals surface area contributed by atoms with Crippen LogP contribution in [-0.4, -0.2) is 34.8 Å². The number of primary amides is 1. The van der Waals surface area contributed by atoms with Gasteiger partial charge in [0.05, 0.1) is 17.6 Å². The van der Waals surface area contributed by atoms with Gasteiger partial charge >= 0.3 is 0 Å². The van der Waals surface area contributed by atoms with Crippen molar-refractivity contribution in [3.05, 3.63) is 48.3 Å². The number of aromatic nitrogens is 3. The molecule has 3 aromatic rings. The van der Waals surface area contributed by atoms with E-state index in [1.165, 1.54) is 12.4 Å². The number of nitrogens with one attached hydrogen (secondary N) is 1. The van der Waals surface area contributed by atoms with Crippen molar-refractivity contribution in [2.75, 3.05) is 11.9 Å². The van der Waals surface area contributed by atoms with Crippen molar-refractivity contribution in [3.8, 4) is 0 Å². The predicted molar refractivity (Wildman–Crippen MR) is 89.0 cm³/mol. The highest BCUT2D eigenvalue weighted by molar-refractivity contribution is 7.90. The first-order valence-electron chi connectivity index (χ1n) is 7.06. The molecule has 9 heteroatoms. The van der Waals surface area contributed by atoms with Crippen LogP contribution in [0, 0.1) is 6.92 Å². The summed E-state index contributed by atoms with van der Waals surface area (Å²) in [6.45, 7) is 1.80. The standard InChI is InChI=1S/C15H15N5O3S/c1-10-2-4-11(5-3-10)24(22,23)20-7-6-12-15(20)18-9-14(19-12)17-8-13(16)21/h2-7,9H,8H2,1H3,(H2,16,21)(H,17,19). The van der Waals surface area contributed by atoms with Crippen LogP contribution >= 0.6 is 0 Å². The molecule has 0 unspecified atom stereocenters. The van der Waals surface area contributed by atoms with Crippen LogP contribution < -0.4 is 11.1 Å². The normalized spacial score (nSPS) is 11.5. The van der Waals surface area contributed by atoms with E-state index in [0.717, 1.165) is 9.54 Å². The number of nitrogens with zero attached hydrogens (tertiary/aromatic N) is 3. The van der Waals surface area contributed by atoms with Crippen molar-refractivity contribution in [3.63, 3.8) is 0 Å². The van der Waals surface area contributed by atoms with Crippen LogP contribution in [0.15, 0.2) is 47.6 Å². The number of hydrogen-bond donors (Lipinski definition) is 2. The Bertz CT molecular complexity index is 1010. The smallest absolute Gasteiger partial charge is 0.269 e. The summed E-state index contributed by atoms with van der Waals surface area (Å²) in [5.74, 6) is -0.191. The van der Waals surface area contributed by atoms with Crippen LogP contribution in [0.2, 0.25) is 0 Å². The summed E-state index contributed by atoms with van der Waals surface area (Å²) < 4.78 is 26.6. The molecule has 8 nitrogen and oxygen atoms in total. The SMILES string of the molecule is Cc1ccc(S(=O)(=O)n2ccc3nc(NCC(N)=O)cnc32)cc1. The zero-order chi connectivity index (χ0) is 17.3. The van der Waals surface area contributed by atoms with E-state index in [1.807, 2.05) is 6.92 Å². The van der Waals surface area contributed by atoms with Gasteiger partial charge in [-0.15, -0.1) is 0 Å². The van der Waals surface area contributed by atoms with E-state index in [4.69, 9.17) is 5.73 Å². The summed E-state index contributed by atoms with van der Waals surface area (Å²) in [7, 11) is -3.76. The molecule has 0 bridgehead atoms. The van der Waals surface area contributed by atoms with E-state index in [-0.39, 0.29) is 17.1 Å². The average Bonchev–Trinajstić information content (AvgIpc) is 2.97. The maximum Gasteiger partial charge on any atom is 0.269 e. The van der Waals surface area contributed by atoms with Crippen LogP contribution in [0.5, 0.6) is 0 Å². The van der Waals surface area contributed by atoms with Gasteiger partial charge in [-0.2, -0.15) is 0 Å². The van der Waals surface area contributed by atoms with Crippen LogP contribution in [0.4, 0.5) is 5.82 Å². The summed E-state index contributed by atoms with van der Waals surface area (Å²) >= 11 is 0. The fraction of sp³-hybridized carbons (Fsp3) is 0.133. The Balaban J connectivity index is 2.01. The van der Waals surface area contributed by atoms with Crippen molar-refractivity contribution >= 4 is 32.9 Å². The van der Waals surface area contributed by atoms with Gasteiger partial charge in [0.2, 0.25) is 5.91 Å². The maximum atomic E-state index is 12.7. The average molecular weight is 345 g/mol.